The van der Waals surface area contributed by atoms with Crippen LogP contribution in [0.5, 0.6) is 5.75 Å². The van der Waals surface area contributed by atoms with E-state index in [0.29, 0.717) is 12.2 Å². The Labute approximate surface area is 105 Å². The summed E-state index contributed by atoms with van der Waals surface area (Å²) >= 11 is 0. The molecule has 98 valence electrons. The number of benzene rings is 1. The van der Waals surface area contributed by atoms with E-state index in [0.717, 1.165) is 11.1 Å². The van der Waals surface area contributed by atoms with Crippen molar-refractivity contribution in [1.82, 2.24) is 0 Å². The minimum atomic E-state index is -3.32. The van der Waals surface area contributed by atoms with Crippen molar-refractivity contribution >= 4 is 10.1 Å². The molecule has 1 heterocycles. The molecule has 0 atom stereocenters. The first-order chi connectivity index (χ1) is 8.08. The van der Waals surface area contributed by atoms with E-state index in [4.69, 9.17) is 4.18 Å². The smallest absolute Gasteiger partial charge is 0.309 e. The molecule has 1 aliphatic rings. The average molecular weight is 258 g/mol. The molecule has 4 heteroatoms. The van der Waals surface area contributed by atoms with Crippen molar-refractivity contribution < 1.29 is 12.6 Å². The van der Waals surface area contributed by atoms with E-state index in [1.54, 1.807) is 0 Å². The normalized spacial score (nSPS) is 15.1. The minimum Gasteiger partial charge on any atom is -0.382 e. The third-order valence-corrected chi connectivity index (χ3v) is 3.25. The summed E-state index contributed by atoms with van der Waals surface area (Å²) in [6.45, 7) is 9.85. The average Bonchev–Trinajstić information content (AvgIpc) is 2.35. The quantitative estimate of drug-likeness (QED) is 0.670. The summed E-state index contributed by atoms with van der Waals surface area (Å²) in [6.07, 6.45) is 0.555. The highest BCUT2D eigenvalue weighted by molar-refractivity contribution is 7.87. The van der Waals surface area contributed by atoms with Crippen LogP contribution in [-0.4, -0.2) is 14.2 Å². The molecule has 0 bridgehead atoms. The van der Waals surface area contributed by atoms with Crippen molar-refractivity contribution in [3.05, 3.63) is 29.3 Å². The van der Waals surface area contributed by atoms with Gasteiger partial charge in [-0.1, -0.05) is 45.9 Å². The molecule has 1 aliphatic heterocycles. The summed E-state index contributed by atoms with van der Waals surface area (Å²) in [5.74, 6) is 0.609. The molecule has 0 saturated heterocycles. The summed E-state index contributed by atoms with van der Waals surface area (Å²) < 4.78 is 27.2. The van der Waals surface area contributed by atoms with Crippen LogP contribution in [0.1, 0.15) is 38.8 Å². The second-order valence-corrected chi connectivity index (χ2v) is 4.85. The van der Waals surface area contributed by atoms with Gasteiger partial charge in [0.05, 0.1) is 5.75 Å². The van der Waals surface area contributed by atoms with Crippen LogP contribution in [0.15, 0.2) is 18.2 Å². The molecule has 0 radical (unpaired) electrons. The molecule has 0 amide bonds. The van der Waals surface area contributed by atoms with Crippen LogP contribution in [-0.2, 0) is 16.5 Å². The molecule has 2 rings (SSSR count). The van der Waals surface area contributed by atoms with E-state index >= 15 is 0 Å². The molecule has 3 nitrogen and oxygen atoms in total. The fraction of sp³-hybridized carbons (Fsp3) is 0.538. The number of rotatable bonds is 0. The predicted octanol–water partition coefficient (Wildman–Crippen LogP) is 3.31. The Morgan fingerprint density at radius 1 is 1.12 bits per heavy atom. The Hall–Kier alpha value is -1.03. The Kier molecular flexibility index (Phi) is 6.88. The van der Waals surface area contributed by atoms with Crippen LogP contribution in [0.3, 0.4) is 0 Å². The lowest BCUT2D eigenvalue weighted by molar-refractivity contribution is 0.471. The van der Waals surface area contributed by atoms with Crippen LogP contribution in [0, 0.1) is 6.92 Å². The second kappa shape index (κ2) is 7.33. The van der Waals surface area contributed by atoms with Crippen molar-refractivity contribution in [3.8, 4) is 5.75 Å². The van der Waals surface area contributed by atoms with Gasteiger partial charge >= 0.3 is 10.1 Å². The van der Waals surface area contributed by atoms with Crippen LogP contribution >= 0.6 is 0 Å². The number of hydrogen-bond donors (Lipinski definition) is 0. The molecule has 0 aliphatic carbocycles. The van der Waals surface area contributed by atoms with Gasteiger partial charge in [-0.3, -0.25) is 0 Å². The first-order valence-electron chi connectivity index (χ1n) is 6.09. The highest BCUT2D eigenvalue weighted by atomic mass is 32.2. The molecule has 17 heavy (non-hydrogen) atoms. The van der Waals surface area contributed by atoms with Gasteiger partial charge in [-0.15, -0.1) is 0 Å². The zero-order chi connectivity index (χ0) is 13.5. The van der Waals surface area contributed by atoms with Crippen LogP contribution in [0.2, 0.25) is 0 Å². The van der Waals surface area contributed by atoms with Gasteiger partial charge in [0, 0.05) is 0 Å². The SMILES string of the molecule is CC.CC.Cc1cccc2c1OS(=O)(=O)CC2. The molecule has 1 aromatic rings. The van der Waals surface area contributed by atoms with Crippen molar-refractivity contribution in [2.24, 2.45) is 0 Å². The first-order valence-corrected chi connectivity index (χ1v) is 7.67. The summed E-state index contributed by atoms with van der Waals surface area (Å²) in [5.41, 5.74) is 1.86. The zero-order valence-electron chi connectivity index (χ0n) is 11.3. The Balaban J connectivity index is 0.000000581. The Bertz CT molecular complexity index is 436. The molecule has 0 N–H and O–H groups in total. The Morgan fingerprint density at radius 3 is 2.29 bits per heavy atom. The van der Waals surface area contributed by atoms with Crippen molar-refractivity contribution in [1.29, 1.82) is 0 Å². The maximum atomic E-state index is 11.1. The van der Waals surface area contributed by atoms with E-state index in [2.05, 4.69) is 0 Å². The zero-order valence-corrected chi connectivity index (χ0v) is 12.1. The summed E-state index contributed by atoms with van der Waals surface area (Å²) in [6, 6.07) is 5.66. The van der Waals surface area contributed by atoms with Gasteiger partial charge in [0.1, 0.15) is 5.75 Å². The van der Waals surface area contributed by atoms with Crippen molar-refractivity contribution in [3.63, 3.8) is 0 Å². The van der Waals surface area contributed by atoms with E-state index in [1.807, 2.05) is 52.8 Å². The number of hydrogen-bond acceptors (Lipinski definition) is 3. The van der Waals surface area contributed by atoms with Crippen LogP contribution < -0.4 is 4.18 Å². The number of aryl methyl sites for hydroxylation is 2. The van der Waals surface area contributed by atoms with Gasteiger partial charge in [-0.05, 0) is 24.5 Å². The second-order valence-electron chi connectivity index (χ2n) is 3.16. The predicted molar refractivity (Wildman–Crippen MR) is 72.0 cm³/mol. The van der Waals surface area contributed by atoms with E-state index in [9.17, 15) is 8.42 Å². The standard InChI is InChI=1S/C9H10O3S.2C2H6/c1-7-3-2-4-8-5-6-13(10,11)12-9(7)8;2*1-2/h2-4H,5-6H2,1H3;2*1-2H3. The summed E-state index contributed by atoms with van der Waals surface area (Å²) in [4.78, 5) is 0. The van der Waals surface area contributed by atoms with Gasteiger partial charge < -0.3 is 4.18 Å². The molecule has 0 saturated carbocycles. The van der Waals surface area contributed by atoms with Gasteiger partial charge in [0.2, 0.25) is 0 Å². The lowest BCUT2D eigenvalue weighted by Crippen LogP contribution is -2.21. The van der Waals surface area contributed by atoms with Crippen LogP contribution in [0.4, 0.5) is 0 Å². The van der Waals surface area contributed by atoms with Gasteiger partial charge in [-0.25, -0.2) is 0 Å². The maximum absolute atomic E-state index is 11.1. The maximum Gasteiger partial charge on any atom is 0.309 e. The number of para-hydroxylation sites is 1. The van der Waals surface area contributed by atoms with Crippen molar-refractivity contribution in [2.45, 2.75) is 41.0 Å². The van der Waals surface area contributed by atoms with Gasteiger partial charge in [-0.2, -0.15) is 8.42 Å². The molecule has 0 spiro atoms. The minimum absolute atomic E-state index is 0.0868. The molecule has 0 aromatic heterocycles. The van der Waals surface area contributed by atoms with Gasteiger partial charge in [0.15, 0.2) is 0 Å². The van der Waals surface area contributed by atoms with Gasteiger partial charge in [0.25, 0.3) is 0 Å². The third-order valence-electron chi connectivity index (χ3n) is 2.13. The first kappa shape index (κ1) is 16.0. The van der Waals surface area contributed by atoms with Crippen LogP contribution in [0.25, 0.3) is 0 Å². The van der Waals surface area contributed by atoms with Crippen molar-refractivity contribution in [2.75, 3.05) is 5.75 Å². The fourth-order valence-electron chi connectivity index (χ4n) is 1.43. The highest BCUT2D eigenvalue weighted by Crippen LogP contribution is 2.29. The molecular weight excluding hydrogens is 236 g/mol. The largest absolute Gasteiger partial charge is 0.382 e. The summed E-state index contributed by atoms with van der Waals surface area (Å²) in [5, 5.41) is 0. The van der Waals surface area contributed by atoms with E-state index in [1.165, 1.54) is 0 Å². The summed E-state index contributed by atoms with van der Waals surface area (Å²) in [7, 11) is -3.32. The lowest BCUT2D eigenvalue weighted by Gasteiger charge is -2.18. The topological polar surface area (TPSA) is 43.4 Å². The lowest BCUT2D eigenvalue weighted by atomic mass is 10.1. The van der Waals surface area contributed by atoms with E-state index < -0.39 is 10.1 Å². The van der Waals surface area contributed by atoms with E-state index in [-0.39, 0.29) is 5.75 Å². The third kappa shape index (κ3) is 4.38. The highest BCUT2D eigenvalue weighted by Gasteiger charge is 2.23. The molecule has 0 unspecified atom stereocenters. The number of fused-ring (bicyclic) bond motifs is 1. The fourth-order valence-corrected chi connectivity index (χ4v) is 2.48. The molecule has 1 aromatic carbocycles. The Morgan fingerprint density at radius 2 is 1.71 bits per heavy atom. The monoisotopic (exact) mass is 258 g/mol. The molecule has 0 fully saturated rings. The molecular formula is C13H22O3S.